The van der Waals surface area contributed by atoms with Crippen molar-refractivity contribution in [1.29, 1.82) is 0 Å². The predicted molar refractivity (Wildman–Crippen MR) is 59.5 cm³/mol. The highest BCUT2D eigenvalue weighted by molar-refractivity contribution is 5.93. The van der Waals surface area contributed by atoms with Gasteiger partial charge in [0.15, 0.2) is 0 Å². The van der Waals surface area contributed by atoms with E-state index in [0.29, 0.717) is 0 Å². The maximum Gasteiger partial charge on any atom is 0.433 e. The molecule has 1 aromatic heterocycles. The largest absolute Gasteiger partial charge is 0.433 e. The number of halogens is 4. The first kappa shape index (κ1) is 13.6. The minimum absolute atomic E-state index is 0.0892. The van der Waals surface area contributed by atoms with Crippen LogP contribution in [-0.4, -0.2) is 30.3 Å². The van der Waals surface area contributed by atoms with Crippen molar-refractivity contribution < 1.29 is 22.4 Å². The molecule has 1 aromatic rings. The maximum atomic E-state index is 12.5. The Bertz CT molecular complexity index is 477. The number of nitrogens with one attached hydrogen (secondary N) is 1. The highest BCUT2D eigenvalue weighted by Gasteiger charge is 2.35. The van der Waals surface area contributed by atoms with E-state index >= 15 is 0 Å². The molecule has 2 rings (SSSR count). The van der Waals surface area contributed by atoms with Crippen LogP contribution in [0.15, 0.2) is 18.2 Å². The number of alkyl halides is 4. The monoisotopic (exact) mass is 277 g/mol. The SMILES string of the molecule is O=C1N[C@@H](CCF)CN1c1cccc(C(F)(F)F)n1. The van der Waals surface area contributed by atoms with Gasteiger partial charge in [0, 0.05) is 6.54 Å². The van der Waals surface area contributed by atoms with E-state index in [4.69, 9.17) is 0 Å². The molecule has 2 amide bonds. The Morgan fingerprint density at radius 3 is 2.79 bits per heavy atom. The van der Waals surface area contributed by atoms with E-state index in [1.54, 1.807) is 0 Å². The Morgan fingerprint density at radius 2 is 2.16 bits per heavy atom. The van der Waals surface area contributed by atoms with E-state index < -0.39 is 30.6 Å². The van der Waals surface area contributed by atoms with Gasteiger partial charge in [-0.3, -0.25) is 9.29 Å². The Hall–Kier alpha value is -1.86. The summed E-state index contributed by atoms with van der Waals surface area (Å²) in [6.07, 6.45) is -4.44. The van der Waals surface area contributed by atoms with E-state index in [0.717, 1.165) is 11.0 Å². The average molecular weight is 277 g/mol. The first-order valence-electron chi connectivity index (χ1n) is 5.60. The van der Waals surface area contributed by atoms with E-state index in [9.17, 15) is 22.4 Å². The van der Waals surface area contributed by atoms with E-state index in [1.807, 2.05) is 0 Å². The van der Waals surface area contributed by atoms with Gasteiger partial charge in [-0.05, 0) is 18.6 Å². The highest BCUT2D eigenvalue weighted by atomic mass is 19.4. The molecule has 1 N–H and O–H groups in total. The van der Waals surface area contributed by atoms with Crippen LogP contribution in [0.2, 0.25) is 0 Å². The third-order valence-corrected chi connectivity index (χ3v) is 2.73. The first-order chi connectivity index (χ1) is 8.91. The number of nitrogens with zero attached hydrogens (tertiary/aromatic N) is 2. The smallest absolute Gasteiger partial charge is 0.333 e. The fourth-order valence-corrected chi connectivity index (χ4v) is 1.83. The minimum Gasteiger partial charge on any atom is -0.333 e. The quantitative estimate of drug-likeness (QED) is 0.862. The molecule has 4 nitrogen and oxygen atoms in total. The topological polar surface area (TPSA) is 45.2 Å². The Labute approximate surface area is 106 Å². The molecular weight excluding hydrogens is 266 g/mol. The third kappa shape index (κ3) is 2.94. The average Bonchev–Trinajstić information content (AvgIpc) is 2.70. The molecule has 19 heavy (non-hydrogen) atoms. The molecule has 1 atom stereocenters. The van der Waals surface area contributed by atoms with Gasteiger partial charge < -0.3 is 5.32 Å². The summed E-state index contributed by atoms with van der Waals surface area (Å²) in [7, 11) is 0. The molecule has 1 saturated heterocycles. The molecule has 0 unspecified atom stereocenters. The summed E-state index contributed by atoms with van der Waals surface area (Å²) in [6.45, 7) is -0.494. The summed E-state index contributed by atoms with van der Waals surface area (Å²) in [4.78, 5) is 16.1. The number of amides is 2. The van der Waals surface area contributed by atoms with Crippen molar-refractivity contribution in [3.63, 3.8) is 0 Å². The first-order valence-corrected chi connectivity index (χ1v) is 5.60. The summed E-state index contributed by atoms with van der Waals surface area (Å²) in [5.74, 6) is -0.0892. The Balaban J connectivity index is 2.21. The number of carbonyl (C=O) groups is 1. The standard InChI is InChI=1S/C11H11F4N3O/c12-5-4-7-6-18(10(19)16-7)9-3-1-2-8(17-9)11(13,14)15/h1-3,7H,4-6H2,(H,16,19)/t7-/m0/s1. The number of aromatic nitrogens is 1. The van der Waals surface area contributed by atoms with Crippen molar-refractivity contribution in [2.75, 3.05) is 18.1 Å². The zero-order valence-electron chi connectivity index (χ0n) is 9.75. The number of hydrogen-bond acceptors (Lipinski definition) is 2. The van der Waals surface area contributed by atoms with E-state index in [2.05, 4.69) is 10.3 Å². The minimum atomic E-state index is -4.56. The molecular formula is C11H11F4N3O. The van der Waals surface area contributed by atoms with Crippen molar-refractivity contribution in [2.45, 2.75) is 18.6 Å². The van der Waals surface area contributed by atoms with Crippen molar-refractivity contribution in [1.82, 2.24) is 10.3 Å². The molecule has 1 aliphatic rings. The lowest BCUT2D eigenvalue weighted by atomic mass is 10.2. The number of hydrogen-bond donors (Lipinski definition) is 1. The second-order valence-corrected chi connectivity index (χ2v) is 4.11. The molecule has 0 aliphatic carbocycles. The van der Waals surface area contributed by atoms with Crippen LogP contribution in [0.3, 0.4) is 0 Å². The second kappa shape index (κ2) is 5.02. The number of pyridine rings is 1. The van der Waals surface area contributed by atoms with Gasteiger partial charge in [0.25, 0.3) is 0 Å². The molecule has 0 saturated carbocycles. The summed E-state index contributed by atoms with van der Waals surface area (Å²) in [5.41, 5.74) is -1.06. The Morgan fingerprint density at radius 1 is 1.42 bits per heavy atom. The Kier molecular flexibility index (Phi) is 3.59. The lowest BCUT2D eigenvalue weighted by molar-refractivity contribution is -0.141. The molecule has 8 heteroatoms. The van der Waals surface area contributed by atoms with Crippen LogP contribution in [0.1, 0.15) is 12.1 Å². The molecule has 104 valence electrons. The van der Waals surface area contributed by atoms with Gasteiger partial charge in [0.1, 0.15) is 11.5 Å². The number of carbonyl (C=O) groups excluding carboxylic acids is 1. The highest BCUT2D eigenvalue weighted by Crippen LogP contribution is 2.29. The van der Waals surface area contributed by atoms with Gasteiger partial charge in [-0.25, -0.2) is 9.78 Å². The van der Waals surface area contributed by atoms with Crippen LogP contribution in [0.5, 0.6) is 0 Å². The zero-order valence-corrected chi connectivity index (χ0v) is 9.75. The van der Waals surface area contributed by atoms with Gasteiger partial charge in [-0.15, -0.1) is 0 Å². The van der Waals surface area contributed by atoms with Gasteiger partial charge in [0.05, 0.1) is 12.7 Å². The van der Waals surface area contributed by atoms with Crippen molar-refractivity contribution in [3.8, 4) is 0 Å². The third-order valence-electron chi connectivity index (χ3n) is 2.73. The predicted octanol–water partition coefficient (Wildman–Crippen LogP) is 2.36. The second-order valence-electron chi connectivity index (χ2n) is 4.11. The van der Waals surface area contributed by atoms with Crippen molar-refractivity contribution >= 4 is 11.8 Å². The van der Waals surface area contributed by atoms with Crippen molar-refractivity contribution in [3.05, 3.63) is 23.9 Å². The van der Waals surface area contributed by atoms with Crippen molar-refractivity contribution in [2.24, 2.45) is 0 Å². The van der Waals surface area contributed by atoms with Crippen LogP contribution in [-0.2, 0) is 6.18 Å². The number of urea groups is 1. The fraction of sp³-hybridized carbons (Fsp3) is 0.455. The van der Waals surface area contributed by atoms with Gasteiger partial charge in [0.2, 0.25) is 0 Å². The van der Waals surface area contributed by atoms with Gasteiger partial charge in [-0.1, -0.05) is 6.07 Å². The number of rotatable bonds is 3. The molecule has 1 aliphatic heterocycles. The molecule has 1 fully saturated rings. The van der Waals surface area contributed by atoms with Crippen LogP contribution in [0.4, 0.5) is 28.2 Å². The van der Waals surface area contributed by atoms with Crippen LogP contribution >= 0.6 is 0 Å². The summed E-state index contributed by atoms with van der Waals surface area (Å²) in [6, 6.07) is 2.35. The molecule has 0 aromatic carbocycles. The maximum absolute atomic E-state index is 12.5. The normalized spacial score (nSPS) is 19.7. The molecule has 0 bridgehead atoms. The lowest BCUT2D eigenvalue weighted by Gasteiger charge is -2.15. The molecule has 0 radical (unpaired) electrons. The fourth-order valence-electron chi connectivity index (χ4n) is 1.83. The number of anilines is 1. The van der Waals surface area contributed by atoms with Gasteiger partial charge in [-0.2, -0.15) is 13.2 Å². The summed E-state index contributed by atoms with van der Waals surface area (Å²) in [5, 5.41) is 2.49. The summed E-state index contributed by atoms with van der Waals surface area (Å²) < 4.78 is 49.7. The van der Waals surface area contributed by atoms with E-state index in [1.165, 1.54) is 12.1 Å². The summed E-state index contributed by atoms with van der Waals surface area (Å²) >= 11 is 0. The van der Waals surface area contributed by atoms with E-state index in [-0.39, 0.29) is 18.8 Å². The molecule has 2 heterocycles. The van der Waals surface area contributed by atoms with Crippen LogP contribution in [0, 0.1) is 0 Å². The van der Waals surface area contributed by atoms with Gasteiger partial charge >= 0.3 is 12.2 Å². The zero-order chi connectivity index (χ0) is 14.0. The molecule has 0 spiro atoms. The van der Waals surface area contributed by atoms with Crippen LogP contribution < -0.4 is 10.2 Å². The lowest BCUT2D eigenvalue weighted by Crippen LogP contribution is -2.29. The van der Waals surface area contributed by atoms with Crippen LogP contribution in [0.25, 0.3) is 0 Å².